The van der Waals surface area contributed by atoms with Crippen LogP contribution in [0.15, 0.2) is 30.3 Å². The lowest BCUT2D eigenvalue weighted by Crippen LogP contribution is -2.35. The molecule has 0 saturated heterocycles. The van der Waals surface area contributed by atoms with Gasteiger partial charge in [-0.25, -0.2) is 0 Å². The maximum absolute atomic E-state index is 12.1. The highest BCUT2D eigenvalue weighted by molar-refractivity contribution is 7.80. The number of fused-ring (bicyclic) bond motifs is 1. The second kappa shape index (κ2) is 7.77. The van der Waals surface area contributed by atoms with Crippen molar-refractivity contribution >= 4 is 39.6 Å². The molecule has 1 aromatic heterocycles. The number of hydrogen-bond donors (Lipinski definition) is 2. The lowest BCUT2D eigenvalue weighted by molar-refractivity contribution is -0.119. The number of nitrogens with one attached hydrogen (secondary N) is 2. The fraction of sp³-hybridized carbons (Fsp3) is 0.316. The van der Waals surface area contributed by atoms with Crippen LogP contribution in [0.4, 0.5) is 5.00 Å². The first-order valence-electron chi connectivity index (χ1n) is 8.26. The molecule has 0 bridgehead atoms. The minimum atomic E-state index is -0.169. The molecule has 0 fully saturated rings. The van der Waals surface area contributed by atoms with Crippen LogP contribution in [0.1, 0.15) is 34.9 Å². The molecule has 0 spiro atoms. The highest BCUT2D eigenvalue weighted by Crippen LogP contribution is 2.39. The van der Waals surface area contributed by atoms with E-state index in [2.05, 4.69) is 23.6 Å². The summed E-state index contributed by atoms with van der Waals surface area (Å²) in [6, 6.07) is 11.8. The zero-order chi connectivity index (χ0) is 17.8. The summed E-state index contributed by atoms with van der Waals surface area (Å²) in [4.78, 5) is 13.4. The lowest BCUT2D eigenvalue weighted by atomic mass is 9.89. The van der Waals surface area contributed by atoms with Crippen LogP contribution >= 0.6 is 23.6 Å². The average molecular weight is 370 g/mol. The normalized spacial score (nSPS) is 15.8. The van der Waals surface area contributed by atoms with Gasteiger partial charge in [0.25, 0.3) is 0 Å². The van der Waals surface area contributed by atoms with Crippen LogP contribution in [0.25, 0.3) is 0 Å². The van der Waals surface area contributed by atoms with Gasteiger partial charge in [-0.2, -0.15) is 5.26 Å². The first-order chi connectivity index (χ1) is 12.1. The molecule has 4 nitrogen and oxygen atoms in total. The predicted molar refractivity (Wildman–Crippen MR) is 105 cm³/mol. The van der Waals surface area contributed by atoms with Crippen molar-refractivity contribution in [2.24, 2.45) is 5.92 Å². The fourth-order valence-electron chi connectivity index (χ4n) is 3.04. The third-order valence-electron chi connectivity index (χ3n) is 4.31. The van der Waals surface area contributed by atoms with Crippen LogP contribution in [0, 0.1) is 17.2 Å². The Balaban J connectivity index is 1.65. The zero-order valence-corrected chi connectivity index (χ0v) is 15.6. The fourth-order valence-corrected chi connectivity index (χ4v) is 4.69. The Morgan fingerprint density at radius 3 is 2.88 bits per heavy atom. The molecule has 2 N–H and O–H groups in total. The monoisotopic (exact) mass is 369 g/mol. The number of carbonyl (C=O) groups is 1. The van der Waals surface area contributed by atoms with Crippen LogP contribution < -0.4 is 10.6 Å². The smallest absolute Gasteiger partial charge is 0.230 e. The van der Waals surface area contributed by atoms with Crippen molar-refractivity contribution < 1.29 is 4.79 Å². The second-order valence-corrected chi connectivity index (χ2v) is 7.85. The van der Waals surface area contributed by atoms with Crippen molar-refractivity contribution in [1.29, 1.82) is 5.26 Å². The van der Waals surface area contributed by atoms with E-state index < -0.39 is 0 Å². The minimum Gasteiger partial charge on any atom is -0.323 e. The van der Waals surface area contributed by atoms with Crippen LogP contribution in [-0.4, -0.2) is 11.0 Å². The maximum atomic E-state index is 12.1. The molecule has 0 unspecified atom stereocenters. The molecule has 1 aliphatic carbocycles. The van der Waals surface area contributed by atoms with Crippen molar-refractivity contribution in [2.75, 3.05) is 5.32 Å². The molecule has 25 heavy (non-hydrogen) atoms. The van der Waals surface area contributed by atoms with Gasteiger partial charge in [-0.05, 0) is 48.5 Å². The molecule has 1 amide bonds. The van der Waals surface area contributed by atoms with Gasteiger partial charge in [0.05, 0.1) is 12.0 Å². The van der Waals surface area contributed by atoms with Gasteiger partial charge in [0.2, 0.25) is 5.91 Å². The van der Waals surface area contributed by atoms with E-state index in [4.69, 9.17) is 12.2 Å². The lowest BCUT2D eigenvalue weighted by Gasteiger charge is -2.17. The van der Waals surface area contributed by atoms with E-state index in [-0.39, 0.29) is 17.4 Å². The van der Waals surface area contributed by atoms with E-state index in [1.807, 2.05) is 30.3 Å². The predicted octanol–water partition coefficient (Wildman–Crippen LogP) is 3.80. The Hall–Kier alpha value is -2.23. The summed E-state index contributed by atoms with van der Waals surface area (Å²) in [6.45, 7) is 2.23. The highest BCUT2D eigenvalue weighted by Gasteiger charge is 2.24. The Labute approximate surface area is 156 Å². The van der Waals surface area contributed by atoms with E-state index in [1.54, 1.807) is 11.3 Å². The topological polar surface area (TPSA) is 64.9 Å². The molecule has 128 valence electrons. The van der Waals surface area contributed by atoms with E-state index in [0.29, 0.717) is 11.5 Å². The standard InChI is InChI=1S/C19H19N3OS2/c1-12-7-8-14-15(11-20)18(25-16(14)9-12)22-19(24)21-17(23)10-13-5-3-2-4-6-13/h2-6,12H,7-10H2,1H3,(H2,21,22,23,24)/t12-/m0/s1. The van der Waals surface area contributed by atoms with Crippen LogP contribution in [0.5, 0.6) is 0 Å². The van der Waals surface area contributed by atoms with E-state index in [0.717, 1.165) is 35.4 Å². The molecule has 0 aliphatic heterocycles. The molecule has 1 heterocycles. The number of thiocarbonyl (C=S) groups is 1. The molecule has 3 rings (SSSR count). The number of rotatable bonds is 3. The summed E-state index contributed by atoms with van der Waals surface area (Å²) in [6.07, 6.45) is 3.32. The van der Waals surface area contributed by atoms with Gasteiger partial charge in [0.15, 0.2) is 5.11 Å². The highest BCUT2D eigenvalue weighted by atomic mass is 32.1. The molecule has 1 aromatic carbocycles. The van der Waals surface area contributed by atoms with Crippen molar-refractivity contribution in [3.8, 4) is 6.07 Å². The van der Waals surface area contributed by atoms with Crippen LogP contribution in [0.2, 0.25) is 0 Å². The van der Waals surface area contributed by atoms with Gasteiger partial charge in [-0.3, -0.25) is 4.79 Å². The molecular formula is C19H19N3OS2. The summed E-state index contributed by atoms with van der Waals surface area (Å²) in [5, 5.41) is 16.2. The Kier molecular flexibility index (Phi) is 5.47. The number of benzene rings is 1. The maximum Gasteiger partial charge on any atom is 0.230 e. The van der Waals surface area contributed by atoms with Gasteiger partial charge < -0.3 is 10.6 Å². The van der Waals surface area contributed by atoms with Gasteiger partial charge >= 0.3 is 0 Å². The molecule has 1 aliphatic rings. The largest absolute Gasteiger partial charge is 0.323 e. The van der Waals surface area contributed by atoms with Gasteiger partial charge in [-0.1, -0.05) is 37.3 Å². The van der Waals surface area contributed by atoms with Gasteiger partial charge in [-0.15, -0.1) is 11.3 Å². The van der Waals surface area contributed by atoms with Crippen molar-refractivity contribution in [3.05, 3.63) is 51.9 Å². The Morgan fingerprint density at radius 1 is 1.40 bits per heavy atom. The summed E-state index contributed by atoms with van der Waals surface area (Å²) in [5.41, 5.74) is 2.75. The molecule has 2 aromatic rings. The molecule has 6 heteroatoms. The second-order valence-electron chi connectivity index (χ2n) is 6.33. The summed E-state index contributed by atoms with van der Waals surface area (Å²) in [7, 11) is 0. The first-order valence-corrected chi connectivity index (χ1v) is 9.48. The van der Waals surface area contributed by atoms with Crippen LogP contribution in [0.3, 0.4) is 0 Å². The van der Waals surface area contributed by atoms with E-state index >= 15 is 0 Å². The molecule has 0 saturated carbocycles. The number of anilines is 1. The number of thiophene rings is 1. The molecular weight excluding hydrogens is 350 g/mol. The SMILES string of the molecule is C[C@H]1CCc2c(sc(NC(=S)NC(=O)Cc3ccccc3)c2C#N)C1. The average Bonchev–Trinajstić information content (AvgIpc) is 2.91. The molecule has 0 radical (unpaired) electrons. The van der Waals surface area contributed by atoms with Crippen molar-refractivity contribution in [1.82, 2.24) is 5.32 Å². The Morgan fingerprint density at radius 2 is 2.16 bits per heavy atom. The zero-order valence-electron chi connectivity index (χ0n) is 14.0. The van der Waals surface area contributed by atoms with Gasteiger partial charge in [0.1, 0.15) is 11.1 Å². The quantitative estimate of drug-likeness (QED) is 0.808. The number of nitriles is 1. The number of hydrogen-bond acceptors (Lipinski definition) is 4. The molecule has 1 atom stereocenters. The number of carbonyl (C=O) groups excluding carboxylic acids is 1. The van der Waals surface area contributed by atoms with E-state index in [1.165, 1.54) is 4.88 Å². The van der Waals surface area contributed by atoms with Crippen molar-refractivity contribution in [2.45, 2.75) is 32.6 Å². The summed E-state index contributed by atoms with van der Waals surface area (Å²) >= 11 is 6.83. The Bertz CT molecular complexity index is 836. The van der Waals surface area contributed by atoms with E-state index in [9.17, 15) is 10.1 Å². The first kappa shape index (κ1) is 17.6. The summed E-state index contributed by atoms with van der Waals surface area (Å²) < 4.78 is 0. The third-order valence-corrected chi connectivity index (χ3v) is 5.68. The van der Waals surface area contributed by atoms with Crippen molar-refractivity contribution in [3.63, 3.8) is 0 Å². The third kappa shape index (κ3) is 4.25. The minimum absolute atomic E-state index is 0.169. The number of amides is 1. The van der Waals surface area contributed by atoms with Crippen LogP contribution in [-0.2, 0) is 24.1 Å². The number of nitrogens with zero attached hydrogens (tertiary/aromatic N) is 1. The van der Waals surface area contributed by atoms with Gasteiger partial charge in [0, 0.05) is 4.88 Å². The summed E-state index contributed by atoms with van der Waals surface area (Å²) in [5.74, 6) is 0.472.